The first-order valence-corrected chi connectivity index (χ1v) is 12.0. The van der Waals surface area contributed by atoms with Crippen LogP contribution in [0.3, 0.4) is 0 Å². The second-order valence-electron chi connectivity index (χ2n) is 7.53. The second kappa shape index (κ2) is 10.4. The first-order chi connectivity index (χ1) is 14.6. The van der Waals surface area contributed by atoms with Gasteiger partial charge in [-0.05, 0) is 43.0 Å². The molecule has 0 fully saturated rings. The molecule has 0 aliphatic heterocycles. The molecule has 7 nitrogen and oxygen atoms in total. The van der Waals surface area contributed by atoms with Crippen molar-refractivity contribution >= 4 is 27.5 Å². The van der Waals surface area contributed by atoms with E-state index < -0.39 is 22.0 Å². The maximum atomic E-state index is 13.4. The number of anilines is 1. The smallest absolute Gasteiger partial charge is 0.244 e. The normalized spacial score (nSPS) is 12.2. The van der Waals surface area contributed by atoms with Crippen molar-refractivity contribution in [2.24, 2.45) is 0 Å². The molecular formula is C23H31N3O4S. The number of aryl methyl sites for hydroxylation is 1. The lowest BCUT2D eigenvalue weighted by Crippen LogP contribution is -2.51. The molecule has 0 aliphatic rings. The lowest BCUT2D eigenvalue weighted by atomic mass is 10.1. The summed E-state index contributed by atoms with van der Waals surface area (Å²) in [6.45, 7) is 5.36. The van der Waals surface area contributed by atoms with E-state index in [1.807, 2.05) is 57.2 Å². The summed E-state index contributed by atoms with van der Waals surface area (Å²) in [5.41, 5.74) is 3.03. The number of benzene rings is 2. The number of carbonyl (C=O) groups is 2. The molecule has 2 aromatic rings. The first-order valence-electron chi connectivity index (χ1n) is 10.2. The average molecular weight is 446 g/mol. The number of rotatable bonds is 9. The number of likely N-dealkylation sites (N-methyl/N-ethyl adjacent to an activating group) is 1. The zero-order valence-corrected chi connectivity index (χ0v) is 19.6. The number of sulfonamides is 1. The Balaban J connectivity index is 2.45. The van der Waals surface area contributed by atoms with E-state index in [9.17, 15) is 18.0 Å². The van der Waals surface area contributed by atoms with E-state index >= 15 is 0 Å². The van der Waals surface area contributed by atoms with Gasteiger partial charge in [-0.3, -0.25) is 13.9 Å². The van der Waals surface area contributed by atoms with Gasteiger partial charge in [-0.2, -0.15) is 0 Å². The molecule has 0 heterocycles. The molecule has 0 bridgehead atoms. The summed E-state index contributed by atoms with van der Waals surface area (Å²) in [4.78, 5) is 27.4. The minimum atomic E-state index is -3.73. The van der Waals surface area contributed by atoms with Crippen LogP contribution in [0.5, 0.6) is 0 Å². The topological polar surface area (TPSA) is 86.8 Å². The molecule has 1 atom stereocenters. The van der Waals surface area contributed by atoms with Crippen molar-refractivity contribution in [3.63, 3.8) is 0 Å². The molecule has 1 N–H and O–H groups in total. The number of amides is 2. The Morgan fingerprint density at radius 2 is 1.68 bits per heavy atom. The van der Waals surface area contributed by atoms with Gasteiger partial charge >= 0.3 is 0 Å². The van der Waals surface area contributed by atoms with Crippen LogP contribution in [0.2, 0.25) is 0 Å². The Morgan fingerprint density at radius 1 is 1.03 bits per heavy atom. The van der Waals surface area contributed by atoms with E-state index in [4.69, 9.17) is 0 Å². The molecule has 2 aromatic carbocycles. The zero-order chi connectivity index (χ0) is 23.2. The number of hydrogen-bond acceptors (Lipinski definition) is 4. The minimum absolute atomic E-state index is 0.204. The van der Waals surface area contributed by atoms with E-state index in [0.29, 0.717) is 12.1 Å². The Hall–Kier alpha value is -2.87. The highest BCUT2D eigenvalue weighted by molar-refractivity contribution is 7.92. The molecule has 0 aromatic heterocycles. The van der Waals surface area contributed by atoms with Crippen LogP contribution in [-0.2, 0) is 26.2 Å². The van der Waals surface area contributed by atoms with Crippen LogP contribution in [0.1, 0.15) is 30.0 Å². The zero-order valence-electron chi connectivity index (χ0n) is 18.8. The minimum Gasteiger partial charge on any atom is -0.357 e. The van der Waals surface area contributed by atoms with Gasteiger partial charge < -0.3 is 10.2 Å². The van der Waals surface area contributed by atoms with E-state index in [1.54, 1.807) is 12.1 Å². The fourth-order valence-electron chi connectivity index (χ4n) is 3.47. The number of carbonyl (C=O) groups excluding carboxylic acids is 2. The standard InChI is InChI=1S/C23H31N3O4S/c1-6-20(23(28)24-4)25(15-19-12-8-7-9-13-19)22(27)16-26(31(5,29)30)21-14-10-11-17(2)18(21)3/h7-14,20H,6,15-16H2,1-5H3,(H,24,28)/t20-/m1/s1. The Labute approximate surface area is 185 Å². The van der Waals surface area contributed by atoms with Gasteiger partial charge in [-0.15, -0.1) is 0 Å². The lowest BCUT2D eigenvalue weighted by Gasteiger charge is -2.33. The van der Waals surface area contributed by atoms with Crippen LogP contribution in [0.4, 0.5) is 5.69 Å². The van der Waals surface area contributed by atoms with Crippen molar-refractivity contribution in [1.29, 1.82) is 0 Å². The number of nitrogens with zero attached hydrogens (tertiary/aromatic N) is 2. The van der Waals surface area contributed by atoms with Crippen molar-refractivity contribution < 1.29 is 18.0 Å². The van der Waals surface area contributed by atoms with E-state index in [0.717, 1.165) is 27.3 Å². The maximum Gasteiger partial charge on any atom is 0.244 e. The third-order valence-electron chi connectivity index (χ3n) is 5.35. The van der Waals surface area contributed by atoms with Crippen LogP contribution in [-0.4, -0.2) is 51.0 Å². The molecule has 0 spiro atoms. The van der Waals surface area contributed by atoms with Gasteiger partial charge in [-0.1, -0.05) is 49.4 Å². The van der Waals surface area contributed by atoms with Crippen molar-refractivity contribution in [2.75, 3.05) is 24.2 Å². The van der Waals surface area contributed by atoms with Crippen molar-refractivity contribution in [3.05, 3.63) is 65.2 Å². The summed E-state index contributed by atoms with van der Waals surface area (Å²) >= 11 is 0. The van der Waals surface area contributed by atoms with Crippen LogP contribution in [0.25, 0.3) is 0 Å². The SMILES string of the molecule is CC[C@H](C(=O)NC)N(Cc1ccccc1)C(=O)CN(c1cccc(C)c1C)S(C)(=O)=O. The summed E-state index contributed by atoms with van der Waals surface area (Å²) in [6.07, 6.45) is 1.49. The van der Waals surface area contributed by atoms with Crippen LogP contribution >= 0.6 is 0 Å². The van der Waals surface area contributed by atoms with Crippen LogP contribution < -0.4 is 9.62 Å². The molecule has 2 rings (SSSR count). The fraction of sp³-hybridized carbons (Fsp3) is 0.391. The predicted octanol–water partition coefficient (Wildman–Crippen LogP) is 2.62. The monoisotopic (exact) mass is 445 g/mol. The highest BCUT2D eigenvalue weighted by atomic mass is 32.2. The summed E-state index contributed by atoms with van der Waals surface area (Å²) < 4.78 is 26.4. The van der Waals surface area contributed by atoms with Crippen molar-refractivity contribution in [3.8, 4) is 0 Å². The summed E-state index contributed by atoms with van der Waals surface area (Å²) in [5, 5.41) is 2.60. The summed E-state index contributed by atoms with van der Waals surface area (Å²) in [5.74, 6) is -0.727. The third kappa shape index (κ3) is 6.07. The van der Waals surface area contributed by atoms with Crippen LogP contribution in [0, 0.1) is 13.8 Å². The molecule has 0 radical (unpaired) electrons. The van der Waals surface area contributed by atoms with Gasteiger partial charge in [0.15, 0.2) is 0 Å². The highest BCUT2D eigenvalue weighted by Gasteiger charge is 2.31. The second-order valence-corrected chi connectivity index (χ2v) is 9.44. The number of nitrogens with one attached hydrogen (secondary N) is 1. The largest absolute Gasteiger partial charge is 0.357 e. The van der Waals surface area contributed by atoms with Gasteiger partial charge in [0, 0.05) is 13.6 Å². The van der Waals surface area contributed by atoms with Gasteiger partial charge in [0.05, 0.1) is 11.9 Å². The molecule has 0 aliphatic carbocycles. The van der Waals surface area contributed by atoms with Gasteiger partial charge in [-0.25, -0.2) is 8.42 Å². The average Bonchev–Trinajstić information content (AvgIpc) is 2.73. The maximum absolute atomic E-state index is 13.4. The lowest BCUT2D eigenvalue weighted by molar-refractivity contribution is -0.140. The number of hydrogen-bond donors (Lipinski definition) is 1. The van der Waals surface area contributed by atoms with Crippen molar-refractivity contribution in [2.45, 2.75) is 39.8 Å². The summed E-state index contributed by atoms with van der Waals surface area (Å²) in [7, 11) is -2.21. The first kappa shape index (κ1) is 24.4. The quantitative estimate of drug-likeness (QED) is 0.643. The molecule has 31 heavy (non-hydrogen) atoms. The molecule has 0 saturated heterocycles. The van der Waals surface area contributed by atoms with E-state index in [1.165, 1.54) is 11.9 Å². The van der Waals surface area contributed by atoms with Gasteiger partial charge in [0.2, 0.25) is 21.8 Å². The molecule has 168 valence electrons. The molecule has 8 heteroatoms. The molecule has 2 amide bonds. The third-order valence-corrected chi connectivity index (χ3v) is 6.48. The molecular weight excluding hydrogens is 414 g/mol. The van der Waals surface area contributed by atoms with E-state index in [2.05, 4.69) is 5.32 Å². The van der Waals surface area contributed by atoms with Crippen LogP contribution in [0.15, 0.2) is 48.5 Å². The van der Waals surface area contributed by atoms with E-state index in [-0.39, 0.29) is 19.0 Å². The Morgan fingerprint density at radius 3 is 2.23 bits per heavy atom. The van der Waals surface area contributed by atoms with Gasteiger partial charge in [0.25, 0.3) is 0 Å². The highest BCUT2D eigenvalue weighted by Crippen LogP contribution is 2.25. The predicted molar refractivity (Wildman–Crippen MR) is 123 cm³/mol. The molecule has 0 unspecified atom stereocenters. The Bertz CT molecular complexity index is 1020. The molecule has 0 saturated carbocycles. The Kier molecular flexibility index (Phi) is 8.21. The van der Waals surface area contributed by atoms with Gasteiger partial charge in [0.1, 0.15) is 12.6 Å². The van der Waals surface area contributed by atoms with Crippen molar-refractivity contribution in [1.82, 2.24) is 10.2 Å². The summed E-state index contributed by atoms with van der Waals surface area (Å²) in [6, 6.07) is 14.0. The fourth-order valence-corrected chi connectivity index (χ4v) is 4.37.